The molecular weight excluding hydrogens is 372 g/mol. The second-order valence-electron chi connectivity index (χ2n) is 7.03. The van der Waals surface area contributed by atoms with Crippen molar-refractivity contribution in [3.05, 3.63) is 34.9 Å². The Morgan fingerprint density at radius 1 is 1.33 bits per heavy atom. The molecule has 27 heavy (non-hydrogen) atoms. The van der Waals surface area contributed by atoms with Crippen LogP contribution in [-0.4, -0.2) is 54.8 Å². The largest absolute Gasteiger partial charge is 0.466 e. The van der Waals surface area contributed by atoms with Crippen LogP contribution in [-0.2, 0) is 22.1 Å². The lowest BCUT2D eigenvalue weighted by molar-refractivity contribution is 0.0903. The molecule has 3 rings (SSSR count). The minimum atomic E-state index is -3.19. The number of hydrogen-bond acceptors (Lipinski definition) is 8. The molecule has 0 aromatic carbocycles. The summed E-state index contributed by atoms with van der Waals surface area (Å²) in [7, 11) is -3.19. The van der Waals surface area contributed by atoms with Gasteiger partial charge < -0.3 is 14.3 Å². The zero-order chi connectivity index (χ0) is 19.6. The van der Waals surface area contributed by atoms with E-state index in [9.17, 15) is 13.2 Å². The van der Waals surface area contributed by atoms with Crippen molar-refractivity contribution in [3.63, 3.8) is 0 Å². The van der Waals surface area contributed by atoms with E-state index in [0.29, 0.717) is 23.8 Å². The number of carbonyl (C=O) groups excluding carboxylic acids is 1. The number of piperidine rings is 1. The maximum atomic E-state index is 12.4. The van der Waals surface area contributed by atoms with E-state index < -0.39 is 9.84 Å². The molecule has 1 amide bonds. The number of amides is 1. The molecule has 1 saturated heterocycles. The molecular formula is C17H24N4O5S. The fourth-order valence-corrected chi connectivity index (χ4v) is 3.78. The van der Waals surface area contributed by atoms with Gasteiger partial charge in [-0.2, -0.15) is 4.98 Å². The van der Waals surface area contributed by atoms with Crippen LogP contribution in [0.15, 0.2) is 15.0 Å². The van der Waals surface area contributed by atoms with Crippen LogP contribution < -0.4 is 5.32 Å². The minimum Gasteiger partial charge on any atom is -0.466 e. The third-order valence-corrected chi connectivity index (χ3v) is 5.25. The van der Waals surface area contributed by atoms with Crippen molar-refractivity contribution in [1.29, 1.82) is 0 Å². The molecule has 1 aliphatic rings. The molecule has 0 unspecified atom stereocenters. The van der Waals surface area contributed by atoms with Crippen LogP contribution in [0.2, 0.25) is 0 Å². The third-order valence-electron chi connectivity index (χ3n) is 4.47. The quantitative estimate of drug-likeness (QED) is 0.774. The lowest BCUT2D eigenvalue weighted by Gasteiger charge is -2.31. The molecule has 0 aliphatic carbocycles. The van der Waals surface area contributed by atoms with Crippen LogP contribution in [0.25, 0.3) is 0 Å². The summed E-state index contributed by atoms with van der Waals surface area (Å²) in [4.78, 5) is 18.6. The van der Waals surface area contributed by atoms with Gasteiger partial charge in [0.1, 0.15) is 17.3 Å². The van der Waals surface area contributed by atoms with Crippen molar-refractivity contribution in [1.82, 2.24) is 20.4 Å². The lowest BCUT2D eigenvalue weighted by atomic mass is 10.0. The highest BCUT2D eigenvalue weighted by Gasteiger charge is 2.24. The van der Waals surface area contributed by atoms with Gasteiger partial charge in [-0.05, 0) is 32.8 Å². The molecule has 9 nitrogen and oxygen atoms in total. The summed E-state index contributed by atoms with van der Waals surface area (Å²) in [5.74, 6) is 1.61. The zero-order valence-corrected chi connectivity index (χ0v) is 16.5. The fourth-order valence-electron chi connectivity index (χ4n) is 3.19. The summed E-state index contributed by atoms with van der Waals surface area (Å²) < 4.78 is 33.1. The SMILES string of the molecule is Cc1cc(C(=O)NC2CCN(Cc3nc(CS(C)(=O)=O)no3)CC2)c(C)o1. The molecule has 0 saturated carbocycles. The maximum Gasteiger partial charge on any atom is 0.255 e. The number of nitrogens with one attached hydrogen (secondary N) is 1. The molecule has 0 atom stereocenters. The van der Waals surface area contributed by atoms with Crippen LogP contribution >= 0.6 is 0 Å². The van der Waals surface area contributed by atoms with Crippen molar-refractivity contribution in [2.45, 2.75) is 45.0 Å². The summed E-state index contributed by atoms with van der Waals surface area (Å²) in [6.45, 7) is 5.63. The van der Waals surface area contributed by atoms with Gasteiger partial charge in [0.05, 0.1) is 12.1 Å². The molecule has 10 heteroatoms. The molecule has 148 valence electrons. The molecule has 1 N–H and O–H groups in total. The van der Waals surface area contributed by atoms with Crippen LogP contribution in [0.3, 0.4) is 0 Å². The molecule has 0 radical (unpaired) electrons. The standard InChI is InChI=1S/C17H24N4O5S/c1-11-8-14(12(2)25-11)17(22)18-13-4-6-21(7-5-13)9-16-19-15(20-26-16)10-27(3,23)24/h8,13H,4-7,9-10H2,1-3H3,(H,18,22). The van der Waals surface area contributed by atoms with E-state index in [-0.39, 0.29) is 23.5 Å². The van der Waals surface area contributed by atoms with E-state index in [1.807, 2.05) is 6.92 Å². The van der Waals surface area contributed by atoms with E-state index in [2.05, 4.69) is 20.4 Å². The average Bonchev–Trinajstić information content (AvgIpc) is 3.13. The first-order valence-corrected chi connectivity index (χ1v) is 10.8. The monoisotopic (exact) mass is 396 g/mol. The van der Waals surface area contributed by atoms with Gasteiger partial charge in [0.2, 0.25) is 5.89 Å². The van der Waals surface area contributed by atoms with Gasteiger partial charge in [-0.15, -0.1) is 0 Å². The Bertz CT molecular complexity index is 910. The highest BCUT2D eigenvalue weighted by molar-refractivity contribution is 7.89. The predicted octanol–water partition coefficient (Wildman–Crippen LogP) is 1.22. The van der Waals surface area contributed by atoms with Gasteiger partial charge >= 0.3 is 0 Å². The Morgan fingerprint density at radius 2 is 2.04 bits per heavy atom. The molecule has 3 heterocycles. The third kappa shape index (κ3) is 5.39. The van der Waals surface area contributed by atoms with E-state index in [0.717, 1.165) is 37.9 Å². The summed E-state index contributed by atoms with van der Waals surface area (Å²) in [5.41, 5.74) is 0.583. The first kappa shape index (κ1) is 19.6. The molecule has 1 aliphatic heterocycles. The Hall–Kier alpha value is -2.20. The zero-order valence-electron chi connectivity index (χ0n) is 15.7. The number of furan rings is 1. The number of nitrogens with zero attached hydrogens (tertiary/aromatic N) is 3. The summed E-state index contributed by atoms with van der Waals surface area (Å²) in [6.07, 6.45) is 2.76. The highest BCUT2D eigenvalue weighted by Crippen LogP contribution is 2.17. The number of aromatic nitrogens is 2. The number of hydrogen-bond donors (Lipinski definition) is 1. The first-order valence-electron chi connectivity index (χ1n) is 8.79. The Balaban J connectivity index is 1.48. The Labute approximate surface area is 158 Å². The molecule has 0 bridgehead atoms. The highest BCUT2D eigenvalue weighted by atomic mass is 32.2. The molecule has 2 aromatic rings. The molecule has 2 aromatic heterocycles. The summed E-state index contributed by atoms with van der Waals surface area (Å²) >= 11 is 0. The number of aryl methyl sites for hydroxylation is 2. The van der Waals surface area contributed by atoms with E-state index in [1.165, 1.54) is 0 Å². The van der Waals surface area contributed by atoms with Crippen molar-refractivity contribution in [2.75, 3.05) is 19.3 Å². The van der Waals surface area contributed by atoms with Crippen LogP contribution in [0.4, 0.5) is 0 Å². The molecule has 0 spiro atoms. The summed E-state index contributed by atoms with van der Waals surface area (Å²) in [5, 5.41) is 6.77. The predicted molar refractivity (Wildman–Crippen MR) is 96.8 cm³/mol. The van der Waals surface area contributed by atoms with Crippen LogP contribution in [0.1, 0.15) is 46.4 Å². The van der Waals surface area contributed by atoms with Crippen LogP contribution in [0.5, 0.6) is 0 Å². The van der Waals surface area contributed by atoms with Gasteiger partial charge in [0.15, 0.2) is 15.7 Å². The Kier molecular flexibility index (Phi) is 5.66. The number of sulfone groups is 1. The Morgan fingerprint density at radius 3 is 2.63 bits per heavy atom. The van der Waals surface area contributed by atoms with Gasteiger partial charge in [-0.25, -0.2) is 8.42 Å². The number of rotatable bonds is 6. The van der Waals surface area contributed by atoms with Crippen LogP contribution in [0, 0.1) is 13.8 Å². The minimum absolute atomic E-state index is 0.104. The van der Waals surface area contributed by atoms with E-state index in [4.69, 9.17) is 8.94 Å². The van der Waals surface area contributed by atoms with Crippen molar-refractivity contribution in [2.24, 2.45) is 0 Å². The number of carbonyl (C=O) groups is 1. The second kappa shape index (κ2) is 7.81. The number of likely N-dealkylation sites (tertiary alicyclic amines) is 1. The van der Waals surface area contributed by atoms with Gasteiger partial charge in [0.25, 0.3) is 5.91 Å². The first-order chi connectivity index (χ1) is 12.7. The lowest BCUT2D eigenvalue weighted by Crippen LogP contribution is -2.44. The topological polar surface area (TPSA) is 119 Å². The van der Waals surface area contributed by atoms with Gasteiger partial charge in [0, 0.05) is 25.4 Å². The van der Waals surface area contributed by atoms with Crippen molar-refractivity contribution < 1.29 is 22.2 Å². The normalized spacial score (nSPS) is 16.6. The van der Waals surface area contributed by atoms with Crippen molar-refractivity contribution >= 4 is 15.7 Å². The fraction of sp³-hybridized carbons (Fsp3) is 0.588. The molecule has 1 fully saturated rings. The summed E-state index contributed by atoms with van der Waals surface area (Å²) in [6, 6.07) is 1.86. The smallest absolute Gasteiger partial charge is 0.255 e. The second-order valence-corrected chi connectivity index (χ2v) is 9.17. The van der Waals surface area contributed by atoms with E-state index >= 15 is 0 Å². The maximum absolute atomic E-state index is 12.4. The average molecular weight is 396 g/mol. The van der Waals surface area contributed by atoms with Gasteiger partial charge in [-0.3, -0.25) is 9.69 Å². The van der Waals surface area contributed by atoms with Gasteiger partial charge in [-0.1, -0.05) is 5.16 Å². The van der Waals surface area contributed by atoms with E-state index in [1.54, 1.807) is 13.0 Å². The van der Waals surface area contributed by atoms with Crippen molar-refractivity contribution in [3.8, 4) is 0 Å².